The zero-order valence-corrected chi connectivity index (χ0v) is 21.9. The van der Waals surface area contributed by atoms with Crippen LogP contribution in [-0.2, 0) is 41.3 Å². The summed E-state index contributed by atoms with van der Waals surface area (Å²) in [4.78, 5) is 41.0. The largest absolute Gasteiger partial charge is 0.476 e. The molecule has 0 saturated carbocycles. The van der Waals surface area contributed by atoms with Gasteiger partial charge in [0.2, 0.25) is 0 Å². The first-order valence-electron chi connectivity index (χ1n) is 11.0. The summed E-state index contributed by atoms with van der Waals surface area (Å²) in [7, 11) is -8.98. The van der Waals surface area contributed by atoms with Crippen LogP contribution in [0.2, 0.25) is 0 Å². The van der Waals surface area contributed by atoms with Crippen molar-refractivity contribution in [1.29, 1.82) is 0 Å². The molecule has 5 N–H and O–H groups in total. The third-order valence-electron chi connectivity index (χ3n) is 5.59. The zero-order chi connectivity index (χ0) is 30.1. The van der Waals surface area contributed by atoms with E-state index in [-0.39, 0.29) is 28.2 Å². The van der Waals surface area contributed by atoms with Gasteiger partial charge in [0.05, 0.1) is 38.0 Å². The number of benzene rings is 2. The van der Waals surface area contributed by atoms with Crippen molar-refractivity contribution in [2.24, 2.45) is 5.10 Å². The molecule has 1 amide bonds. The predicted octanol–water partition coefficient (Wildman–Crippen LogP) is 1.08. The second kappa shape index (κ2) is 11.0. The number of carbonyl (C=O) groups excluding carboxylic acids is 1. The van der Waals surface area contributed by atoms with Gasteiger partial charge in [0, 0.05) is 0 Å². The number of hydrogen-bond donors (Lipinski definition) is 5. The Kier molecular flexibility index (Phi) is 7.88. The van der Waals surface area contributed by atoms with Crippen molar-refractivity contribution in [2.75, 3.05) is 5.01 Å². The number of allylic oxidation sites excluding steroid dienone is 2. The van der Waals surface area contributed by atoms with Gasteiger partial charge in [-0.05, 0) is 60.7 Å². The number of aromatic amines is 1. The first-order valence-corrected chi connectivity index (χ1v) is 13.9. The first-order chi connectivity index (χ1) is 19.2. The lowest BCUT2D eigenvalue weighted by Gasteiger charge is -2.11. The maximum absolute atomic E-state index is 13.0. The van der Waals surface area contributed by atoms with Crippen LogP contribution in [0.4, 0.5) is 5.69 Å². The highest BCUT2D eigenvalue weighted by atomic mass is 32.2. The van der Waals surface area contributed by atoms with Gasteiger partial charge < -0.3 is 5.11 Å². The van der Waals surface area contributed by atoms with E-state index in [9.17, 15) is 36.3 Å². The maximum atomic E-state index is 13.0. The lowest BCUT2D eigenvalue weighted by molar-refractivity contribution is -0.253. The van der Waals surface area contributed by atoms with Crippen LogP contribution in [0.25, 0.3) is 11.8 Å². The van der Waals surface area contributed by atoms with Gasteiger partial charge in [-0.1, -0.05) is 6.08 Å². The van der Waals surface area contributed by atoms with E-state index in [0.29, 0.717) is 5.01 Å². The Morgan fingerprint density at radius 3 is 1.95 bits per heavy atom. The van der Waals surface area contributed by atoms with Gasteiger partial charge in [-0.3, -0.25) is 29.1 Å². The third-order valence-corrected chi connectivity index (χ3v) is 7.33. The predicted molar refractivity (Wildman–Crippen MR) is 140 cm³/mol. The number of nitrogens with zero attached hydrogens (tertiary/aromatic N) is 3. The second-order valence-electron chi connectivity index (χ2n) is 8.17. The molecule has 3 aromatic rings. The van der Waals surface area contributed by atoms with Crippen molar-refractivity contribution in [3.63, 3.8) is 0 Å². The molecule has 0 radical (unpaired) electrons. The number of carbonyl (C=O) groups is 2. The Bertz CT molecular complexity index is 1900. The van der Waals surface area contributed by atoms with Crippen LogP contribution in [-0.4, -0.2) is 63.7 Å². The number of carboxylic acids is 1. The molecule has 41 heavy (non-hydrogen) atoms. The van der Waals surface area contributed by atoms with E-state index in [1.807, 2.05) is 0 Å². The molecule has 0 saturated heterocycles. The number of carboxylic acid groups (broad SMARTS) is 1. The van der Waals surface area contributed by atoms with Crippen LogP contribution in [0.3, 0.4) is 0 Å². The Morgan fingerprint density at radius 1 is 0.927 bits per heavy atom. The minimum absolute atomic E-state index is 0.00412. The Morgan fingerprint density at radius 2 is 1.46 bits per heavy atom. The number of aromatic nitrogens is 2. The molecular weight excluding hydrogens is 588 g/mol. The fourth-order valence-electron chi connectivity index (χ4n) is 3.69. The number of hydrazone groups is 1. The molecule has 4 rings (SSSR count). The molecule has 1 aliphatic rings. The van der Waals surface area contributed by atoms with Crippen LogP contribution in [0.15, 0.2) is 85.9 Å². The molecule has 16 nitrogen and oxygen atoms in total. The van der Waals surface area contributed by atoms with E-state index < -0.39 is 59.8 Å². The highest BCUT2D eigenvalue weighted by molar-refractivity contribution is 7.86. The van der Waals surface area contributed by atoms with Gasteiger partial charge in [-0.2, -0.15) is 26.9 Å². The fraction of sp³-hybridized carbons (Fsp3) is 0.0435. The van der Waals surface area contributed by atoms with Gasteiger partial charge in [0.25, 0.3) is 31.7 Å². The summed E-state index contributed by atoms with van der Waals surface area (Å²) in [6, 6.07) is 8.82. The quantitative estimate of drug-likeness (QED) is 0.0994. The minimum atomic E-state index is -4.51. The standard InChI is InChI=1S/C23H18N4O12S2/c28-21-17(19(12-39-32)24-26(21)13-4-8-15(9-5-13)40(33,34)35)2-1-3-18-20(23(30)31)25-27(22(18)29)14-6-10-16(11-7-14)41(36,37)38/h1-11,24,32H,12H2,(H,30,31)(H,33,34,35)(H,36,37,38). The van der Waals surface area contributed by atoms with Crippen LogP contribution in [0, 0.1) is 0 Å². The van der Waals surface area contributed by atoms with Crippen molar-refractivity contribution in [3.8, 4) is 5.69 Å². The van der Waals surface area contributed by atoms with Crippen molar-refractivity contribution < 1.29 is 50.8 Å². The number of nitrogens with one attached hydrogen (secondary N) is 1. The van der Waals surface area contributed by atoms with Crippen LogP contribution < -0.4 is 10.6 Å². The van der Waals surface area contributed by atoms with Gasteiger partial charge >= 0.3 is 5.97 Å². The molecular formula is C23H18N4O12S2. The van der Waals surface area contributed by atoms with E-state index in [2.05, 4.69) is 15.1 Å². The summed E-state index contributed by atoms with van der Waals surface area (Å²) in [5.74, 6) is -2.45. The summed E-state index contributed by atoms with van der Waals surface area (Å²) in [6.07, 6.45) is 3.44. The smallest absolute Gasteiger partial charge is 0.357 e. The van der Waals surface area contributed by atoms with Crippen molar-refractivity contribution in [3.05, 3.63) is 87.9 Å². The maximum Gasteiger partial charge on any atom is 0.357 e. The molecule has 0 spiro atoms. The second-order valence-corrected chi connectivity index (χ2v) is 11.0. The van der Waals surface area contributed by atoms with E-state index in [1.165, 1.54) is 24.3 Å². The molecule has 2 aromatic carbocycles. The number of anilines is 1. The van der Waals surface area contributed by atoms with E-state index in [1.54, 1.807) is 0 Å². The lowest BCUT2D eigenvalue weighted by atomic mass is 10.1. The van der Waals surface area contributed by atoms with E-state index in [4.69, 9.17) is 14.4 Å². The SMILES string of the molecule is O=C(O)C1=NN(c2ccc(S(=O)(=O)O)cc2)C(=O)C1=CC=Cc1c(COO)[nH]n(-c2ccc(S(=O)(=O)O)cc2)c1=O. The molecule has 0 bridgehead atoms. The average Bonchev–Trinajstić information content (AvgIpc) is 3.40. The molecule has 0 fully saturated rings. The molecule has 0 aliphatic carbocycles. The third kappa shape index (κ3) is 6.06. The zero-order valence-electron chi connectivity index (χ0n) is 20.3. The first kappa shape index (κ1) is 29.3. The van der Waals surface area contributed by atoms with Crippen LogP contribution in [0.5, 0.6) is 0 Å². The molecule has 1 aliphatic heterocycles. The highest BCUT2D eigenvalue weighted by Crippen LogP contribution is 2.25. The average molecular weight is 607 g/mol. The van der Waals surface area contributed by atoms with Crippen molar-refractivity contribution >= 4 is 49.6 Å². The topological polar surface area (TPSA) is 246 Å². The molecule has 2 heterocycles. The number of rotatable bonds is 9. The van der Waals surface area contributed by atoms with E-state index in [0.717, 1.165) is 47.2 Å². The Labute approximate surface area is 230 Å². The van der Waals surface area contributed by atoms with Gasteiger partial charge in [0.15, 0.2) is 5.71 Å². The fourth-order valence-corrected chi connectivity index (χ4v) is 4.65. The summed E-state index contributed by atoms with van der Waals surface area (Å²) in [5, 5.41) is 25.6. The number of hydrogen-bond acceptors (Lipinski definition) is 10. The van der Waals surface area contributed by atoms with Gasteiger partial charge in [-0.25, -0.2) is 14.4 Å². The van der Waals surface area contributed by atoms with Crippen molar-refractivity contribution in [2.45, 2.75) is 16.4 Å². The number of H-pyrrole nitrogens is 1. The molecule has 0 atom stereocenters. The van der Waals surface area contributed by atoms with Gasteiger partial charge in [0.1, 0.15) is 6.61 Å². The number of aliphatic carboxylic acids is 1. The minimum Gasteiger partial charge on any atom is -0.476 e. The Balaban J connectivity index is 1.67. The van der Waals surface area contributed by atoms with Crippen molar-refractivity contribution in [1.82, 2.24) is 9.78 Å². The molecule has 214 valence electrons. The van der Waals surface area contributed by atoms with E-state index >= 15 is 0 Å². The molecule has 0 unspecified atom stereocenters. The summed E-state index contributed by atoms with van der Waals surface area (Å²) >= 11 is 0. The summed E-state index contributed by atoms with van der Waals surface area (Å²) < 4.78 is 64.3. The molecule has 1 aromatic heterocycles. The summed E-state index contributed by atoms with van der Waals surface area (Å²) in [6.45, 7) is -0.490. The van der Waals surface area contributed by atoms with Gasteiger partial charge in [-0.15, -0.1) is 0 Å². The van der Waals surface area contributed by atoms with Crippen LogP contribution in [0.1, 0.15) is 11.3 Å². The monoisotopic (exact) mass is 606 g/mol. The number of amides is 1. The highest BCUT2D eigenvalue weighted by Gasteiger charge is 2.35. The molecule has 18 heteroatoms. The van der Waals surface area contributed by atoms with Crippen LogP contribution >= 0.6 is 0 Å². The lowest BCUT2D eigenvalue weighted by Crippen LogP contribution is -2.22. The summed E-state index contributed by atoms with van der Waals surface area (Å²) in [5.41, 5.74) is -1.60. The normalized spacial score (nSPS) is 15.2. The Hall–Kier alpha value is -4.72.